The normalized spacial score (nSPS) is 10.9. The van der Waals surface area contributed by atoms with Crippen molar-refractivity contribution in [2.75, 3.05) is 14.2 Å². The minimum Gasteiger partial charge on any atom is -0.493 e. The molecule has 0 aliphatic carbocycles. The van der Waals surface area contributed by atoms with Crippen LogP contribution in [0.4, 0.5) is 0 Å². The molecule has 1 aromatic heterocycles. The molecule has 0 spiro atoms. The molecule has 0 atom stereocenters. The van der Waals surface area contributed by atoms with Crippen LogP contribution in [-0.4, -0.2) is 42.5 Å². The van der Waals surface area contributed by atoms with E-state index in [1.165, 1.54) is 27.4 Å². The number of carbonyl (C=O) groups is 2. The number of ether oxygens (including phenoxy) is 3. The van der Waals surface area contributed by atoms with E-state index in [1.54, 1.807) is 18.2 Å². The molecule has 2 N–H and O–H groups in total. The lowest BCUT2D eigenvalue weighted by Crippen LogP contribution is -2.18. The molecule has 0 saturated heterocycles. The predicted octanol–water partition coefficient (Wildman–Crippen LogP) is 3.94. The standard InChI is InChI=1S/C25H22N4O5/c1-15(30)34-24-22(32-2)10-16(11-23(24)33-3)14-26-29-25(31)21-13-20(27-28-21)19-9-8-17-6-4-5-7-18(17)12-19/h4-14H,1-3H3,(H,27,28)(H,29,31)/b26-14-. The van der Waals surface area contributed by atoms with Crippen LogP contribution in [0.2, 0.25) is 0 Å². The SMILES string of the molecule is COc1cc(/C=N\NC(=O)c2cc(-c3ccc4ccccc4c3)n[nH]2)cc(OC)c1OC(C)=O. The number of H-pyrrole nitrogens is 1. The van der Waals surface area contributed by atoms with Gasteiger partial charge in [-0.1, -0.05) is 36.4 Å². The molecule has 0 bridgehead atoms. The van der Waals surface area contributed by atoms with Crippen molar-refractivity contribution in [1.29, 1.82) is 0 Å². The molecule has 172 valence electrons. The van der Waals surface area contributed by atoms with Gasteiger partial charge in [-0.15, -0.1) is 0 Å². The number of methoxy groups -OCH3 is 2. The van der Waals surface area contributed by atoms with Gasteiger partial charge in [0, 0.05) is 18.1 Å². The Morgan fingerprint density at radius 3 is 2.35 bits per heavy atom. The molecule has 4 rings (SSSR count). The zero-order valence-corrected chi connectivity index (χ0v) is 18.8. The fourth-order valence-corrected chi connectivity index (χ4v) is 3.38. The summed E-state index contributed by atoms with van der Waals surface area (Å²) >= 11 is 0. The van der Waals surface area contributed by atoms with Gasteiger partial charge in [0.1, 0.15) is 5.69 Å². The van der Waals surface area contributed by atoms with Crippen LogP contribution < -0.4 is 19.6 Å². The van der Waals surface area contributed by atoms with Gasteiger partial charge in [0.05, 0.1) is 26.1 Å². The zero-order valence-electron chi connectivity index (χ0n) is 18.8. The number of hydrogen-bond acceptors (Lipinski definition) is 7. The van der Waals surface area contributed by atoms with Crippen molar-refractivity contribution in [2.24, 2.45) is 5.10 Å². The van der Waals surface area contributed by atoms with Crippen LogP contribution in [0.25, 0.3) is 22.0 Å². The maximum Gasteiger partial charge on any atom is 0.308 e. The monoisotopic (exact) mass is 458 g/mol. The van der Waals surface area contributed by atoms with Gasteiger partial charge in [0.2, 0.25) is 5.75 Å². The number of amides is 1. The van der Waals surface area contributed by atoms with Crippen LogP contribution in [0.5, 0.6) is 17.2 Å². The van der Waals surface area contributed by atoms with Crippen molar-refractivity contribution in [3.05, 3.63) is 71.9 Å². The van der Waals surface area contributed by atoms with E-state index >= 15 is 0 Å². The van der Waals surface area contributed by atoms with Crippen LogP contribution >= 0.6 is 0 Å². The van der Waals surface area contributed by atoms with Gasteiger partial charge in [0.15, 0.2) is 11.5 Å². The smallest absolute Gasteiger partial charge is 0.308 e. The zero-order chi connectivity index (χ0) is 24.1. The number of rotatable bonds is 7. The molecule has 0 aliphatic heterocycles. The van der Waals surface area contributed by atoms with Gasteiger partial charge in [-0.3, -0.25) is 14.7 Å². The highest BCUT2D eigenvalue weighted by molar-refractivity contribution is 5.95. The number of aromatic nitrogens is 2. The van der Waals surface area contributed by atoms with E-state index in [-0.39, 0.29) is 22.9 Å². The molecule has 9 heteroatoms. The molecule has 0 saturated carbocycles. The van der Waals surface area contributed by atoms with E-state index in [0.29, 0.717) is 11.3 Å². The van der Waals surface area contributed by atoms with E-state index < -0.39 is 11.9 Å². The Morgan fingerprint density at radius 1 is 0.971 bits per heavy atom. The number of carbonyl (C=O) groups excluding carboxylic acids is 2. The lowest BCUT2D eigenvalue weighted by Gasteiger charge is -2.13. The first-order valence-electron chi connectivity index (χ1n) is 10.3. The molecule has 34 heavy (non-hydrogen) atoms. The fourth-order valence-electron chi connectivity index (χ4n) is 3.38. The number of hydrazone groups is 1. The first kappa shape index (κ1) is 22.5. The summed E-state index contributed by atoms with van der Waals surface area (Å²) < 4.78 is 15.7. The molecular formula is C25H22N4O5. The summed E-state index contributed by atoms with van der Waals surface area (Å²) in [5, 5.41) is 13.2. The Labute approximate surface area is 195 Å². The summed E-state index contributed by atoms with van der Waals surface area (Å²) in [7, 11) is 2.88. The number of aromatic amines is 1. The molecule has 0 radical (unpaired) electrons. The van der Waals surface area contributed by atoms with Gasteiger partial charge in [0.25, 0.3) is 5.91 Å². The van der Waals surface area contributed by atoms with Crippen LogP contribution in [-0.2, 0) is 4.79 Å². The van der Waals surface area contributed by atoms with Crippen molar-refractivity contribution in [2.45, 2.75) is 6.92 Å². The second kappa shape index (κ2) is 9.86. The molecule has 3 aromatic carbocycles. The van der Waals surface area contributed by atoms with Crippen LogP contribution in [0.3, 0.4) is 0 Å². The van der Waals surface area contributed by atoms with Crippen molar-refractivity contribution in [3.63, 3.8) is 0 Å². The molecule has 9 nitrogen and oxygen atoms in total. The van der Waals surface area contributed by atoms with E-state index in [0.717, 1.165) is 16.3 Å². The van der Waals surface area contributed by atoms with Crippen molar-refractivity contribution in [1.82, 2.24) is 15.6 Å². The number of benzene rings is 3. The summed E-state index contributed by atoms with van der Waals surface area (Å²) in [6.07, 6.45) is 1.42. The lowest BCUT2D eigenvalue weighted by molar-refractivity contribution is -0.132. The number of esters is 1. The van der Waals surface area contributed by atoms with Gasteiger partial charge < -0.3 is 14.2 Å². The quantitative estimate of drug-likeness (QED) is 0.188. The molecule has 1 heterocycles. The highest BCUT2D eigenvalue weighted by Gasteiger charge is 2.16. The Hall–Kier alpha value is -4.66. The summed E-state index contributed by atoms with van der Waals surface area (Å²) in [5.41, 5.74) is 4.82. The van der Waals surface area contributed by atoms with E-state index in [4.69, 9.17) is 14.2 Å². The van der Waals surface area contributed by atoms with Crippen LogP contribution in [0.1, 0.15) is 23.0 Å². The first-order valence-corrected chi connectivity index (χ1v) is 10.3. The fraction of sp³-hybridized carbons (Fsp3) is 0.120. The van der Waals surface area contributed by atoms with E-state index in [1.807, 2.05) is 42.5 Å². The Morgan fingerprint density at radius 2 is 1.68 bits per heavy atom. The summed E-state index contributed by atoms with van der Waals surface area (Å²) in [4.78, 5) is 23.9. The molecule has 0 unspecified atom stereocenters. The Balaban J connectivity index is 1.48. The molecule has 0 fully saturated rings. The minimum absolute atomic E-state index is 0.164. The average molecular weight is 458 g/mol. The minimum atomic E-state index is -0.507. The first-order chi connectivity index (χ1) is 16.5. The highest BCUT2D eigenvalue weighted by atomic mass is 16.6. The van der Waals surface area contributed by atoms with E-state index in [2.05, 4.69) is 20.7 Å². The van der Waals surface area contributed by atoms with Crippen molar-refractivity contribution >= 4 is 28.9 Å². The second-order valence-electron chi connectivity index (χ2n) is 7.28. The largest absolute Gasteiger partial charge is 0.493 e. The second-order valence-corrected chi connectivity index (χ2v) is 7.28. The topological polar surface area (TPSA) is 115 Å². The van der Waals surface area contributed by atoms with E-state index in [9.17, 15) is 9.59 Å². The van der Waals surface area contributed by atoms with Crippen molar-refractivity contribution in [3.8, 4) is 28.5 Å². The molecule has 4 aromatic rings. The predicted molar refractivity (Wildman–Crippen MR) is 127 cm³/mol. The number of fused-ring (bicyclic) bond motifs is 1. The molecule has 0 aliphatic rings. The van der Waals surface area contributed by atoms with Gasteiger partial charge in [-0.2, -0.15) is 10.2 Å². The third kappa shape index (κ3) is 4.88. The number of nitrogens with one attached hydrogen (secondary N) is 2. The Bertz CT molecular complexity index is 1370. The number of hydrogen-bond donors (Lipinski definition) is 2. The van der Waals surface area contributed by atoms with Crippen LogP contribution in [0, 0.1) is 0 Å². The van der Waals surface area contributed by atoms with Crippen LogP contribution in [0.15, 0.2) is 65.8 Å². The number of nitrogens with zero attached hydrogens (tertiary/aromatic N) is 2. The summed E-state index contributed by atoms with van der Waals surface area (Å²) in [6.45, 7) is 1.28. The Kier molecular flexibility index (Phi) is 6.54. The highest BCUT2D eigenvalue weighted by Crippen LogP contribution is 2.38. The molecule has 1 amide bonds. The maximum atomic E-state index is 12.5. The van der Waals surface area contributed by atoms with Gasteiger partial charge >= 0.3 is 5.97 Å². The summed E-state index contributed by atoms with van der Waals surface area (Å²) in [6, 6.07) is 18.9. The summed E-state index contributed by atoms with van der Waals surface area (Å²) in [5.74, 6) is -0.219. The molecular weight excluding hydrogens is 436 g/mol. The van der Waals surface area contributed by atoms with Gasteiger partial charge in [-0.25, -0.2) is 5.43 Å². The lowest BCUT2D eigenvalue weighted by atomic mass is 10.1. The maximum absolute atomic E-state index is 12.5. The third-order valence-corrected chi connectivity index (χ3v) is 4.98. The average Bonchev–Trinajstić information content (AvgIpc) is 3.34. The van der Waals surface area contributed by atoms with Crippen molar-refractivity contribution < 1.29 is 23.8 Å². The van der Waals surface area contributed by atoms with Gasteiger partial charge in [-0.05, 0) is 35.0 Å². The third-order valence-electron chi connectivity index (χ3n) is 4.98.